The fourth-order valence-corrected chi connectivity index (χ4v) is 4.52. The van der Waals surface area contributed by atoms with Crippen LogP contribution in [0.15, 0.2) is 42.7 Å². The fraction of sp³-hybridized carbons (Fsp3) is 0.524. The van der Waals surface area contributed by atoms with Crippen LogP contribution in [-0.2, 0) is 11.8 Å². The van der Waals surface area contributed by atoms with Gasteiger partial charge in [-0.2, -0.15) is 5.10 Å². The Hall–Kier alpha value is -2.18. The SMILES string of the molecule is CCN1CCC[C@@H](CN(C)[C@H](C(N)=O)c2ccccc2)[C@@H]1c1cnn(C)c1. The molecular formula is C21H31N5O. The van der Waals surface area contributed by atoms with Gasteiger partial charge in [0, 0.05) is 31.4 Å². The fourth-order valence-electron chi connectivity index (χ4n) is 4.52. The second-order valence-electron chi connectivity index (χ2n) is 7.58. The van der Waals surface area contributed by atoms with Crippen LogP contribution < -0.4 is 5.73 Å². The Morgan fingerprint density at radius 2 is 2.11 bits per heavy atom. The molecule has 6 heteroatoms. The summed E-state index contributed by atoms with van der Waals surface area (Å²) in [5, 5.41) is 4.39. The van der Waals surface area contributed by atoms with E-state index in [1.165, 1.54) is 12.0 Å². The van der Waals surface area contributed by atoms with E-state index in [0.717, 1.165) is 31.6 Å². The summed E-state index contributed by atoms with van der Waals surface area (Å²) in [5.74, 6) is 0.128. The van der Waals surface area contributed by atoms with Gasteiger partial charge in [0.05, 0.1) is 6.20 Å². The van der Waals surface area contributed by atoms with Crippen molar-refractivity contribution in [3.8, 4) is 0 Å². The molecule has 3 rings (SSSR count). The number of benzene rings is 1. The molecule has 1 aromatic carbocycles. The van der Waals surface area contributed by atoms with Crippen molar-refractivity contribution < 1.29 is 4.79 Å². The molecule has 0 radical (unpaired) electrons. The minimum absolute atomic E-state index is 0.301. The predicted molar refractivity (Wildman–Crippen MR) is 107 cm³/mol. The topological polar surface area (TPSA) is 67.4 Å². The Kier molecular flexibility index (Phi) is 6.29. The highest BCUT2D eigenvalue weighted by Crippen LogP contribution is 2.37. The first kappa shape index (κ1) is 19.6. The number of aromatic nitrogens is 2. The standard InChI is InChI=1S/C21H31N5O/c1-4-26-12-8-11-17(19(26)18-13-23-25(3)15-18)14-24(2)20(21(22)27)16-9-6-5-7-10-16/h5-7,9-10,13,15,17,19-20H,4,8,11-12,14H2,1-3H3,(H2,22,27)/t17-,19+,20-/m0/s1. The lowest BCUT2D eigenvalue weighted by Gasteiger charge is -2.42. The van der Waals surface area contributed by atoms with Gasteiger partial charge in [0.1, 0.15) is 6.04 Å². The van der Waals surface area contributed by atoms with Crippen molar-refractivity contribution in [1.29, 1.82) is 0 Å². The molecule has 1 aliphatic heterocycles. The van der Waals surface area contributed by atoms with Crippen molar-refractivity contribution >= 4 is 5.91 Å². The van der Waals surface area contributed by atoms with Gasteiger partial charge in [-0.05, 0) is 44.5 Å². The number of likely N-dealkylation sites (N-methyl/N-ethyl adjacent to an activating group) is 1. The monoisotopic (exact) mass is 369 g/mol. The largest absolute Gasteiger partial charge is 0.368 e. The number of hydrogen-bond donors (Lipinski definition) is 1. The summed E-state index contributed by atoms with van der Waals surface area (Å²) in [6.07, 6.45) is 6.42. The molecule has 2 N–H and O–H groups in total. The van der Waals surface area contributed by atoms with Crippen molar-refractivity contribution in [3.63, 3.8) is 0 Å². The summed E-state index contributed by atoms with van der Waals surface area (Å²) >= 11 is 0. The van der Waals surface area contributed by atoms with E-state index in [2.05, 4.69) is 28.0 Å². The van der Waals surface area contributed by atoms with Crippen molar-refractivity contribution in [1.82, 2.24) is 19.6 Å². The third kappa shape index (κ3) is 4.39. The van der Waals surface area contributed by atoms with Crippen molar-refractivity contribution in [2.75, 3.05) is 26.7 Å². The number of hydrogen-bond acceptors (Lipinski definition) is 4. The molecule has 2 aromatic rings. The first-order chi connectivity index (χ1) is 13.0. The third-order valence-corrected chi connectivity index (χ3v) is 5.68. The van der Waals surface area contributed by atoms with Gasteiger partial charge in [-0.15, -0.1) is 0 Å². The van der Waals surface area contributed by atoms with Crippen LogP contribution in [0.1, 0.15) is 43.0 Å². The molecule has 1 aliphatic rings. The first-order valence-electron chi connectivity index (χ1n) is 9.78. The summed E-state index contributed by atoms with van der Waals surface area (Å²) in [6.45, 7) is 5.15. The number of amides is 1. The van der Waals surface area contributed by atoms with Gasteiger partial charge in [-0.3, -0.25) is 19.3 Å². The molecule has 1 saturated heterocycles. The number of primary amides is 1. The summed E-state index contributed by atoms with van der Waals surface area (Å²) in [6, 6.07) is 9.74. The molecule has 2 heterocycles. The van der Waals surface area contributed by atoms with E-state index in [1.54, 1.807) is 0 Å². The number of aryl methyl sites for hydroxylation is 1. The number of nitrogens with two attached hydrogens (primary N) is 1. The average Bonchev–Trinajstić information content (AvgIpc) is 3.08. The molecule has 6 nitrogen and oxygen atoms in total. The van der Waals surface area contributed by atoms with Crippen molar-refractivity contribution in [2.45, 2.75) is 31.8 Å². The summed E-state index contributed by atoms with van der Waals surface area (Å²) in [7, 11) is 3.97. The Morgan fingerprint density at radius 1 is 1.37 bits per heavy atom. The number of nitrogens with zero attached hydrogens (tertiary/aromatic N) is 4. The lowest BCUT2D eigenvalue weighted by atomic mass is 9.85. The first-order valence-corrected chi connectivity index (χ1v) is 9.78. The van der Waals surface area contributed by atoms with Crippen LogP contribution in [0.25, 0.3) is 0 Å². The quantitative estimate of drug-likeness (QED) is 0.813. The van der Waals surface area contributed by atoms with E-state index >= 15 is 0 Å². The van der Waals surface area contributed by atoms with Gasteiger partial charge < -0.3 is 5.73 Å². The highest BCUT2D eigenvalue weighted by Gasteiger charge is 2.35. The van der Waals surface area contributed by atoms with Gasteiger partial charge in [0.25, 0.3) is 0 Å². The van der Waals surface area contributed by atoms with Crippen molar-refractivity contribution in [3.05, 3.63) is 53.9 Å². The highest BCUT2D eigenvalue weighted by molar-refractivity contribution is 5.81. The van der Waals surface area contributed by atoms with E-state index in [9.17, 15) is 4.79 Å². The summed E-state index contributed by atoms with van der Waals surface area (Å²) in [5.41, 5.74) is 7.98. The second kappa shape index (κ2) is 8.67. The van der Waals surface area contributed by atoms with Crippen LogP contribution in [-0.4, -0.2) is 52.2 Å². The minimum atomic E-state index is -0.405. The lowest BCUT2D eigenvalue weighted by Crippen LogP contribution is -2.45. The van der Waals surface area contributed by atoms with Gasteiger partial charge in [0.2, 0.25) is 5.91 Å². The zero-order valence-electron chi connectivity index (χ0n) is 16.6. The smallest absolute Gasteiger partial charge is 0.239 e. The molecule has 1 amide bonds. The van der Waals surface area contributed by atoms with E-state index in [1.807, 2.05) is 55.3 Å². The Morgan fingerprint density at radius 3 is 2.70 bits per heavy atom. The van der Waals surface area contributed by atoms with Crippen LogP contribution in [0.3, 0.4) is 0 Å². The molecule has 27 heavy (non-hydrogen) atoms. The maximum absolute atomic E-state index is 12.2. The molecule has 146 valence electrons. The van der Waals surface area contributed by atoms with Crippen LogP contribution in [0.5, 0.6) is 0 Å². The maximum atomic E-state index is 12.2. The van der Waals surface area contributed by atoms with Crippen LogP contribution in [0, 0.1) is 5.92 Å². The Labute approximate surface area is 161 Å². The lowest BCUT2D eigenvalue weighted by molar-refractivity contribution is -0.123. The molecule has 3 atom stereocenters. The van der Waals surface area contributed by atoms with E-state index < -0.39 is 6.04 Å². The van der Waals surface area contributed by atoms with Gasteiger partial charge in [-0.25, -0.2) is 0 Å². The second-order valence-corrected chi connectivity index (χ2v) is 7.58. The highest BCUT2D eigenvalue weighted by atomic mass is 16.1. The average molecular weight is 370 g/mol. The Balaban J connectivity index is 1.83. The summed E-state index contributed by atoms with van der Waals surface area (Å²) in [4.78, 5) is 16.9. The molecule has 0 spiro atoms. The zero-order chi connectivity index (χ0) is 19.4. The third-order valence-electron chi connectivity index (χ3n) is 5.68. The molecule has 0 bridgehead atoms. The minimum Gasteiger partial charge on any atom is -0.368 e. The normalized spacial score (nSPS) is 22.1. The zero-order valence-corrected chi connectivity index (χ0v) is 16.6. The Bertz CT molecular complexity index is 744. The number of rotatable bonds is 7. The van der Waals surface area contributed by atoms with E-state index in [0.29, 0.717) is 12.0 Å². The van der Waals surface area contributed by atoms with Gasteiger partial charge >= 0.3 is 0 Å². The molecule has 0 saturated carbocycles. The van der Waals surface area contributed by atoms with Crippen LogP contribution in [0.2, 0.25) is 0 Å². The number of likely N-dealkylation sites (tertiary alicyclic amines) is 1. The van der Waals surface area contributed by atoms with E-state index in [4.69, 9.17) is 5.73 Å². The number of carbonyl (C=O) groups is 1. The van der Waals surface area contributed by atoms with Gasteiger partial charge in [0.15, 0.2) is 0 Å². The van der Waals surface area contributed by atoms with Crippen LogP contribution in [0.4, 0.5) is 0 Å². The van der Waals surface area contributed by atoms with Crippen molar-refractivity contribution in [2.24, 2.45) is 18.7 Å². The molecular weight excluding hydrogens is 338 g/mol. The maximum Gasteiger partial charge on any atom is 0.239 e. The van der Waals surface area contributed by atoms with Crippen LogP contribution >= 0.6 is 0 Å². The molecule has 0 unspecified atom stereocenters. The predicted octanol–water partition coefficient (Wildman–Crippen LogP) is 2.35. The van der Waals surface area contributed by atoms with Gasteiger partial charge in [-0.1, -0.05) is 37.3 Å². The number of piperidine rings is 1. The summed E-state index contributed by atoms with van der Waals surface area (Å²) < 4.78 is 1.87. The van der Waals surface area contributed by atoms with E-state index in [-0.39, 0.29) is 5.91 Å². The molecule has 1 fully saturated rings. The number of carbonyl (C=O) groups excluding carboxylic acids is 1. The molecule has 0 aliphatic carbocycles. The molecule has 1 aromatic heterocycles.